The SMILES string of the molecule is CCCOc1cccc(Oc2cc3c(cc2CS(=O)(=O)c2cccc(C(=O)CCCCCCC(=O)N[C@H](C(=O)N4C[C@H](O)C[C@H]4C(=O)NCc4ccc(-c5sccc5C)cc4)C(C)(C)C)c2)n(C)c(=O)n3C)c1. The Labute approximate surface area is 431 Å². The Kier molecular flexibility index (Phi) is 17.5. The van der Waals surface area contributed by atoms with E-state index in [9.17, 15) is 37.5 Å². The van der Waals surface area contributed by atoms with Crippen molar-refractivity contribution in [3.8, 4) is 27.7 Å². The van der Waals surface area contributed by atoms with E-state index in [1.54, 1.807) is 67.9 Å². The minimum Gasteiger partial charge on any atom is -0.493 e. The van der Waals surface area contributed by atoms with Gasteiger partial charge in [0, 0.05) is 74.6 Å². The van der Waals surface area contributed by atoms with Gasteiger partial charge in [-0.25, -0.2) is 13.2 Å². The van der Waals surface area contributed by atoms with Gasteiger partial charge in [-0.15, -0.1) is 11.3 Å². The number of fused-ring (bicyclic) bond motifs is 1. The summed E-state index contributed by atoms with van der Waals surface area (Å²) in [4.78, 5) is 69.8. The Balaban J connectivity index is 0.901. The maximum Gasteiger partial charge on any atom is 0.328 e. The molecule has 1 fully saturated rings. The minimum absolute atomic E-state index is 0.0232. The molecule has 6 aromatic rings. The van der Waals surface area contributed by atoms with Crippen LogP contribution in [0.5, 0.6) is 17.2 Å². The van der Waals surface area contributed by atoms with Crippen LogP contribution in [0.1, 0.15) is 106 Å². The molecule has 2 aromatic heterocycles. The minimum atomic E-state index is -4.03. The molecule has 3 heterocycles. The zero-order valence-corrected chi connectivity index (χ0v) is 44.4. The molecule has 3 atom stereocenters. The number of hydrogen-bond acceptors (Lipinski definition) is 11. The molecular weight excluding hydrogens is 967 g/mol. The van der Waals surface area contributed by atoms with Crippen molar-refractivity contribution >= 4 is 55.7 Å². The van der Waals surface area contributed by atoms with Crippen molar-refractivity contribution in [3.63, 3.8) is 0 Å². The second kappa shape index (κ2) is 23.5. The summed E-state index contributed by atoms with van der Waals surface area (Å²) in [6.07, 6.45) is 2.64. The van der Waals surface area contributed by atoms with Gasteiger partial charge in [-0.2, -0.15) is 0 Å². The number of nitrogens with zero attached hydrogens (tertiary/aromatic N) is 3. The van der Waals surface area contributed by atoms with Gasteiger partial charge in [-0.05, 0) is 90.1 Å². The summed E-state index contributed by atoms with van der Waals surface area (Å²) < 4.78 is 43.2. The standard InChI is InChI=1S/C56H67N5O10S2/c1-8-26-70-42-16-14-17-43(31-42)71-49-32-46-45(59(6)55(67)60(46)7)29-40(49)35-73(68,69)44-18-13-15-39(28-44)48(63)19-11-9-10-12-20-50(64)58-52(56(3,4)5)54(66)61-34-41(62)30-47(61)53(65)57-33-37-21-23-38(24-22-37)51-36(2)25-27-72-51/h13-18,21-25,27-29,31-32,41,47,52,62H,8-12,19-20,26,30,33-35H2,1-7H3,(H,57,65)(H,58,64)/t41-,47+,52-/m1/s1. The zero-order chi connectivity index (χ0) is 52.6. The Morgan fingerprint density at radius 2 is 1.55 bits per heavy atom. The number of aliphatic hydroxyl groups is 1. The van der Waals surface area contributed by atoms with Gasteiger partial charge in [0.25, 0.3) is 0 Å². The topological polar surface area (TPSA) is 195 Å². The van der Waals surface area contributed by atoms with Crippen LogP contribution < -0.4 is 25.8 Å². The number of unbranched alkanes of at least 4 members (excludes halogenated alkanes) is 3. The van der Waals surface area contributed by atoms with Gasteiger partial charge in [0.05, 0.1) is 34.4 Å². The molecular formula is C56H67N5O10S2. The third-order valence-corrected chi connectivity index (χ3v) is 15.9. The zero-order valence-electron chi connectivity index (χ0n) is 42.7. The molecule has 1 saturated heterocycles. The van der Waals surface area contributed by atoms with E-state index in [4.69, 9.17) is 9.47 Å². The number of aryl methyl sites for hydroxylation is 3. The fourth-order valence-electron chi connectivity index (χ4n) is 9.07. The fraction of sp³-hybridized carbons (Fsp3) is 0.411. The molecule has 0 spiro atoms. The lowest BCUT2D eigenvalue weighted by Crippen LogP contribution is -2.57. The molecule has 3 amide bonds. The summed E-state index contributed by atoms with van der Waals surface area (Å²) in [5.74, 6) is -0.510. The number of carbonyl (C=O) groups excluding carboxylic acids is 4. The highest BCUT2D eigenvalue weighted by molar-refractivity contribution is 7.90. The first-order valence-electron chi connectivity index (χ1n) is 24.9. The van der Waals surface area contributed by atoms with Crippen LogP contribution in [0.2, 0.25) is 0 Å². The number of hydrogen-bond donors (Lipinski definition) is 3. The number of ether oxygens (including phenoxy) is 2. The number of likely N-dealkylation sites (tertiary alicyclic amines) is 1. The van der Waals surface area contributed by atoms with Crippen LogP contribution >= 0.6 is 11.3 Å². The van der Waals surface area contributed by atoms with Gasteiger partial charge in [-0.1, -0.05) is 83.0 Å². The van der Waals surface area contributed by atoms with Gasteiger partial charge >= 0.3 is 5.69 Å². The molecule has 0 radical (unpaired) electrons. The van der Waals surface area contributed by atoms with E-state index in [-0.39, 0.29) is 71.8 Å². The number of thiophene rings is 1. The number of β-amino-alcohol motifs (C(OH)–C–C–N with tert-alkyl or cyclic N) is 1. The van der Waals surface area contributed by atoms with Crippen LogP contribution in [-0.4, -0.2) is 82.4 Å². The average molecular weight is 1030 g/mol. The van der Waals surface area contributed by atoms with E-state index >= 15 is 0 Å². The van der Waals surface area contributed by atoms with Crippen LogP contribution in [0, 0.1) is 12.3 Å². The van der Waals surface area contributed by atoms with Crippen molar-refractivity contribution in [2.24, 2.45) is 19.5 Å². The summed E-state index contributed by atoms with van der Waals surface area (Å²) in [7, 11) is -0.772. The first-order chi connectivity index (χ1) is 34.7. The molecule has 17 heteroatoms. The van der Waals surface area contributed by atoms with Crippen LogP contribution in [0.4, 0.5) is 0 Å². The van der Waals surface area contributed by atoms with Crippen LogP contribution in [0.15, 0.2) is 106 Å². The molecule has 73 heavy (non-hydrogen) atoms. The number of aromatic nitrogens is 2. The third-order valence-electron chi connectivity index (χ3n) is 13.2. The van der Waals surface area contributed by atoms with E-state index in [0.717, 1.165) is 17.5 Å². The van der Waals surface area contributed by atoms with Gasteiger partial charge in [0.2, 0.25) is 17.7 Å². The van der Waals surface area contributed by atoms with Gasteiger partial charge in [0.1, 0.15) is 29.3 Å². The number of aliphatic hydroxyl groups excluding tert-OH is 1. The van der Waals surface area contributed by atoms with E-state index in [1.807, 2.05) is 58.0 Å². The summed E-state index contributed by atoms with van der Waals surface area (Å²) in [6, 6.07) is 24.6. The molecule has 0 saturated carbocycles. The van der Waals surface area contributed by atoms with Crippen molar-refractivity contribution in [1.82, 2.24) is 24.7 Å². The first kappa shape index (κ1) is 54.2. The molecule has 7 rings (SSSR count). The number of amides is 3. The lowest BCUT2D eigenvalue weighted by molar-refractivity contribution is -0.144. The normalized spacial score (nSPS) is 15.3. The predicted molar refractivity (Wildman–Crippen MR) is 284 cm³/mol. The first-order valence-corrected chi connectivity index (χ1v) is 27.4. The van der Waals surface area contributed by atoms with E-state index in [1.165, 1.54) is 36.6 Å². The van der Waals surface area contributed by atoms with Crippen molar-refractivity contribution in [2.75, 3.05) is 13.2 Å². The number of carbonyl (C=O) groups is 4. The Bertz CT molecular complexity index is 3130. The Morgan fingerprint density at radius 3 is 2.23 bits per heavy atom. The molecule has 388 valence electrons. The Hall–Kier alpha value is -6.56. The van der Waals surface area contributed by atoms with Crippen LogP contribution in [0.3, 0.4) is 0 Å². The predicted octanol–water partition coefficient (Wildman–Crippen LogP) is 8.80. The number of rotatable bonds is 22. The average Bonchev–Trinajstić information content (AvgIpc) is 4.04. The van der Waals surface area contributed by atoms with Crippen molar-refractivity contribution in [3.05, 3.63) is 129 Å². The summed E-state index contributed by atoms with van der Waals surface area (Å²) in [5, 5.41) is 18.5. The van der Waals surface area contributed by atoms with Crippen LogP contribution in [-0.2, 0) is 50.6 Å². The fourth-order valence-corrected chi connectivity index (χ4v) is 11.4. The number of benzene rings is 4. The monoisotopic (exact) mass is 1030 g/mol. The largest absolute Gasteiger partial charge is 0.493 e. The molecule has 3 N–H and O–H groups in total. The van der Waals surface area contributed by atoms with E-state index in [2.05, 4.69) is 29.0 Å². The maximum atomic E-state index is 14.1. The number of Topliss-reactive ketones (excluding diaryl/α,β-unsaturated/α-hetero) is 1. The third kappa shape index (κ3) is 13.4. The van der Waals surface area contributed by atoms with Gasteiger partial charge in [0.15, 0.2) is 15.6 Å². The number of imidazole rings is 1. The van der Waals surface area contributed by atoms with Crippen molar-refractivity contribution < 1.29 is 42.2 Å². The smallest absolute Gasteiger partial charge is 0.328 e. The maximum absolute atomic E-state index is 14.1. The second-order valence-electron chi connectivity index (χ2n) is 20.0. The molecule has 0 aliphatic carbocycles. The van der Waals surface area contributed by atoms with Gasteiger partial charge in [-0.3, -0.25) is 28.3 Å². The van der Waals surface area contributed by atoms with Crippen molar-refractivity contribution in [1.29, 1.82) is 0 Å². The number of sulfone groups is 1. The summed E-state index contributed by atoms with van der Waals surface area (Å²) >= 11 is 1.67. The molecule has 15 nitrogen and oxygen atoms in total. The highest BCUT2D eigenvalue weighted by Gasteiger charge is 2.44. The summed E-state index contributed by atoms with van der Waals surface area (Å²) in [6.45, 7) is 10.3. The second-order valence-corrected chi connectivity index (χ2v) is 22.9. The lowest BCUT2D eigenvalue weighted by Gasteiger charge is -2.35. The van der Waals surface area contributed by atoms with Crippen LogP contribution in [0.25, 0.3) is 21.5 Å². The number of ketones is 1. The van der Waals surface area contributed by atoms with E-state index < -0.39 is 45.1 Å². The number of nitrogens with one attached hydrogen (secondary N) is 2. The molecule has 1 aliphatic rings. The molecule has 1 aliphatic heterocycles. The van der Waals surface area contributed by atoms with Gasteiger partial charge < -0.3 is 30.1 Å². The van der Waals surface area contributed by atoms with Crippen molar-refractivity contribution in [2.45, 2.75) is 121 Å². The highest BCUT2D eigenvalue weighted by Crippen LogP contribution is 2.35. The molecule has 4 aromatic carbocycles. The summed E-state index contributed by atoms with van der Waals surface area (Å²) in [5.41, 5.74) is 3.92. The van der Waals surface area contributed by atoms with E-state index in [0.29, 0.717) is 60.4 Å². The quantitative estimate of drug-likeness (QED) is 0.0437. The Morgan fingerprint density at radius 1 is 0.863 bits per heavy atom. The molecule has 0 bridgehead atoms. The lowest BCUT2D eigenvalue weighted by atomic mass is 9.85. The molecule has 0 unspecified atom stereocenters. The highest BCUT2D eigenvalue weighted by atomic mass is 32.2.